The summed E-state index contributed by atoms with van der Waals surface area (Å²) in [4.78, 5) is 15.7. The molecular formula is C15H13BF5N3O. The highest BCUT2D eigenvalue weighted by molar-refractivity contribution is 6.51. The number of rotatable bonds is 4. The van der Waals surface area contributed by atoms with Crippen LogP contribution in [0.4, 0.5) is 33.5 Å². The molecule has 132 valence electrons. The first-order valence-corrected chi connectivity index (χ1v) is 7.21. The largest absolute Gasteiger partial charge is 0.417 e. The van der Waals surface area contributed by atoms with E-state index in [4.69, 9.17) is 0 Å². The number of halogens is 5. The lowest BCUT2D eigenvalue weighted by Crippen LogP contribution is -2.21. The average molecular weight is 357 g/mol. The van der Waals surface area contributed by atoms with Gasteiger partial charge in [0.25, 0.3) is 5.91 Å². The molecule has 2 N–H and O–H groups in total. The first-order chi connectivity index (χ1) is 11.7. The summed E-state index contributed by atoms with van der Waals surface area (Å²) in [6.45, 7) is 1.68. The van der Waals surface area contributed by atoms with E-state index in [2.05, 4.69) is 15.6 Å². The molecule has 25 heavy (non-hydrogen) atoms. The first kappa shape index (κ1) is 18.7. The molecule has 0 spiro atoms. The third-order valence-corrected chi connectivity index (χ3v) is 3.44. The lowest BCUT2D eigenvalue weighted by atomic mass is 9.73. The Balaban J connectivity index is 2.41. The molecule has 1 heterocycles. The van der Waals surface area contributed by atoms with Gasteiger partial charge in [-0.1, -0.05) is 12.3 Å². The molecule has 0 radical (unpaired) electrons. The zero-order valence-corrected chi connectivity index (χ0v) is 13.3. The summed E-state index contributed by atoms with van der Waals surface area (Å²) in [5.41, 5.74) is -1.98. The predicted octanol–water partition coefficient (Wildman–Crippen LogP) is 2.78. The highest BCUT2D eigenvalue weighted by Crippen LogP contribution is 2.32. The SMILES string of the molecule is CBc1cc(F)c(C(=O)Nc2cc(C(F)(F)F)cnc2NC)c(F)c1. The van der Waals surface area contributed by atoms with Gasteiger partial charge in [-0.2, -0.15) is 13.2 Å². The molecule has 1 amide bonds. The van der Waals surface area contributed by atoms with E-state index >= 15 is 0 Å². The van der Waals surface area contributed by atoms with E-state index in [-0.39, 0.29) is 11.5 Å². The van der Waals surface area contributed by atoms with Gasteiger partial charge in [-0.3, -0.25) is 4.79 Å². The number of alkyl halides is 3. The summed E-state index contributed by atoms with van der Waals surface area (Å²) in [6, 6.07) is 2.63. The van der Waals surface area contributed by atoms with E-state index in [0.717, 1.165) is 12.1 Å². The van der Waals surface area contributed by atoms with Gasteiger partial charge in [0.15, 0.2) is 7.28 Å². The number of hydrogen-bond donors (Lipinski definition) is 2. The number of pyridine rings is 1. The van der Waals surface area contributed by atoms with E-state index in [1.807, 2.05) is 0 Å². The summed E-state index contributed by atoms with van der Waals surface area (Å²) in [7, 11) is 1.74. The Kier molecular flexibility index (Phi) is 5.29. The Morgan fingerprint density at radius 2 is 1.76 bits per heavy atom. The van der Waals surface area contributed by atoms with Crippen LogP contribution in [0.2, 0.25) is 6.82 Å². The minimum Gasteiger partial charge on any atom is -0.371 e. The zero-order valence-electron chi connectivity index (χ0n) is 13.3. The summed E-state index contributed by atoms with van der Waals surface area (Å²) >= 11 is 0. The average Bonchev–Trinajstić information content (AvgIpc) is 2.53. The van der Waals surface area contributed by atoms with Crippen LogP contribution < -0.4 is 16.1 Å². The van der Waals surface area contributed by atoms with Crippen molar-refractivity contribution in [1.29, 1.82) is 0 Å². The Bertz CT molecular complexity index is 787. The molecule has 0 fully saturated rings. The van der Waals surface area contributed by atoms with Crippen molar-refractivity contribution in [2.24, 2.45) is 0 Å². The molecule has 1 aromatic heterocycles. The van der Waals surface area contributed by atoms with Crippen LogP contribution in [0.25, 0.3) is 0 Å². The fourth-order valence-electron chi connectivity index (χ4n) is 2.15. The van der Waals surface area contributed by atoms with Crippen LogP contribution in [0.15, 0.2) is 24.4 Å². The van der Waals surface area contributed by atoms with Crippen molar-refractivity contribution < 1.29 is 26.7 Å². The highest BCUT2D eigenvalue weighted by atomic mass is 19.4. The maximum atomic E-state index is 14.0. The maximum Gasteiger partial charge on any atom is 0.417 e. The van der Waals surface area contributed by atoms with E-state index in [0.29, 0.717) is 25.0 Å². The van der Waals surface area contributed by atoms with Gasteiger partial charge in [-0.25, -0.2) is 13.8 Å². The number of carbonyl (C=O) groups excluding carboxylic acids is 1. The molecule has 0 saturated carbocycles. The van der Waals surface area contributed by atoms with Crippen molar-refractivity contribution in [3.63, 3.8) is 0 Å². The molecule has 0 aliphatic carbocycles. The quantitative estimate of drug-likeness (QED) is 0.654. The normalized spacial score (nSPS) is 11.2. The number of aromatic nitrogens is 1. The second-order valence-electron chi connectivity index (χ2n) is 5.11. The maximum absolute atomic E-state index is 14.0. The van der Waals surface area contributed by atoms with Gasteiger partial charge < -0.3 is 10.6 Å². The van der Waals surface area contributed by atoms with Crippen LogP contribution in [0.3, 0.4) is 0 Å². The lowest BCUT2D eigenvalue weighted by molar-refractivity contribution is -0.137. The summed E-state index contributed by atoms with van der Waals surface area (Å²) in [5.74, 6) is -3.48. The van der Waals surface area contributed by atoms with Crippen molar-refractivity contribution in [2.45, 2.75) is 13.0 Å². The number of nitrogens with zero attached hydrogens (tertiary/aromatic N) is 1. The Hall–Kier alpha value is -2.65. The van der Waals surface area contributed by atoms with Gasteiger partial charge in [0.2, 0.25) is 0 Å². The molecule has 0 aliphatic rings. The second kappa shape index (κ2) is 7.08. The number of amides is 1. The minimum absolute atomic E-state index is 0.0765. The van der Waals surface area contributed by atoms with Crippen LogP contribution in [-0.4, -0.2) is 25.2 Å². The standard InChI is InChI=1S/C15H13BF5N3O/c1-16-8-4-9(17)12(10(18)5-8)14(25)24-11-3-7(15(19,20)21)6-23-13(11)22-2/h3-6,16H,1-2H3,(H,22,23)(H,24,25). The van der Waals surface area contributed by atoms with Crippen LogP contribution in [0.5, 0.6) is 0 Å². The molecular weight excluding hydrogens is 344 g/mol. The Morgan fingerprint density at radius 1 is 1.16 bits per heavy atom. The molecule has 10 heteroatoms. The Morgan fingerprint density at radius 3 is 2.24 bits per heavy atom. The van der Waals surface area contributed by atoms with Crippen molar-refractivity contribution >= 4 is 30.2 Å². The van der Waals surface area contributed by atoms with E-state index in [1.54, 1.807) is 6.82 Å². The highest BCUT2D eigenvalue weighted by Gasteiger charge is 2.32. The van der Waals surface area contributed by atoms with Crippen LogP contribution in [0, 0.1) is 11.6 Å². The molecule has 0 atom stereocenters. The molecule has 4 nitrogen and oxygen atoms in total. The lowest BCUT2D eigenvalue weighted by Gasteiger charge is -2.14. The van der Waals surface area contributed by atoms with Gasteiger partial charge in [0.05, 0.1) is 11.3 Å². The number of carbonyl (C=O) groups is 1. The fraction of sp³-hybridized carbons (Fsp3) is 0.200. The number of nitrogens with one attached hydrogen (secondary N) is 2. The van der Waals surface area contributed by atoms with Crippen LogP contribution in [0.1, 0.15) is 15.9 Å². The molecule has 1 aromatic carbocycles. The van der Waals surface area contributed by atoms with Gasteiger partial charge in [-0.15, -0.1) is 0 Å². The summed E-state index contributed by atoms with van der Waals surface area (Å²) in [6.07, 6.45) is -4.10. The second-order valence-corrected chi connectivity index (χ2v) is 5.11. The van der Waals surface area contributed by atoms with Crippen molar-refractivity contribution in [3.05, 3.63) is 47.2 Å². The smallest absolute Gasteiger partial charge is 0.371 e. The number of benzene rings is 1. The van der Waals surface area contributed by atoms with Crippen LogP contribution in [-0.2, 0) is 6.18 Å². The van der Waals surface area contributed by atoms with E-state index in [9.17, 15) is 26.7 Å². The van der Waals surface area contributed by atoms with Gasteiger partial charge in [0.1, 0.15) is 23.0 Å². The monoisotopic (exact) mass is 357 g/mol. The van der Waals surface area contributed by atoms with Crippen molar-refractivity contribution in [3.8, 4) is 0 Å². The molecule has 0 bridgehead atoms. The predicted molar refractivity (Wildman–Crippen MR) is 85.7 cm³/mol. The summed E-state index contributed by atoms with van der Waals surface area (Å²) in [5, 5.41) is 4.56. The number of anilines is 2. The minimum atomic E-state index is -4.68. The first-order valence-electron chi connectivity index (χ1n) is 7.21. The molecule has 0 aliphatic heterocycles. The Labute approximate surface area is 140 Å². The van der Waals surface area contributed by atoms with Gasteiger partial charge in [-0.05, 0) is 18.2 Å². The third kappa shape index (κ3) is 4.07. The van der Waals surface area contributed by atoms with Crippen molar-refractivity contribution in [2.75, 3.05) is 17.7 Å². The van der Waals surface area contributed by atoms with Gasteiger partial charge >= 0.3 is 6.18 Å². The molecule has 2 aromatic rings. The van der Waals surface area contributed by atoms with E-state index in [1.165, 1.54) is 7.05 Å². The van der Waals surface area contributed by atoms with Crippen LogP contribution >= 0.6 is 0 Å². The number of hydrogen-bond acceptors (Lipinski definition) is 3. The zero-order chi connectivity index (χ0) is 18.8. The summed E-state index contributed by atoms with van der Waals surface area (Å²) < 4.78 is 66.3. The third-order valence-electron chi connectivity index (χ3n) is 3.44. The molecule has 2 rings (SSSR count). The fourth-order valence-corrected chi connectivity index (χ4v) is 2.15. The molecule has 0 unspecified atom stereocenters. The van der Waals surface area contributed by atoms with Crippen molar-refractivity contribution in [1.82, 2.24) is 4.98 Å². The molecule has 0 saturated heterocycles. The van der Waals surface area contributed by atoms with Gasteiger partial charge in [0, 0.05) is 13.2 Å². The van der Waals surface area contributed by atoms with E-state index < -0.39 is 34.8 Å². The topological polar surface area (TPSA) is 54.0 Å².